The van der Waals surface area contributed by atoms with Crippen molar-refractivity contribution in [1.82, 2.24) is 0 Å². The smallest absolute Gasteiger partial charge is 0.305 e. The van der Waals surface area contributed by atoms with Crippen molar-refractivity contribution in [2.45, 2.75) is 6.61 Å². The molecule has 0 unspecified atom stereocenters. The summed E-state index contributed by atoms with van der Waals surface area (Å²) in [5.74, 6) is -0.922. The second-order valence-corrected chi connectivity index (χ2v) is 3.16. The van der Waals surface area contributed by atoms with E-state index in [2.05, 4.69) is 15.9 Å². The van der Waals surface area contributed by atoms with Crippen LogP contribution in [0.5, 0.6) is 0 Å². The summed E-state index contributed by atoms with van der Waals surface area (Å²) in [5.41, 5.74) is -0.347. The summed E-state index contributed by atoms with van der Waals surface area (Å²) >= 11 is 2.97. The number of halogens is 2. The fourth-order valence-electron chi connectivity index (χ4n) is 0.842. The molecular weight excluding hydrogens is 245 g/mol. The molecule has 0 atom stereocenters. The first-order valence-electron chi connectivity index (χ1n) is 3.29. The van der Waals surface area contributed by atoms with E-state index in [1.807, 2.05) is 0 Å². The van der Waals surface area contributed by atoms with Gasteiger partial charge in [-0.3, -0.25) is 10.1 Å². The van der Waals surface area contributed by atoms with E-state index in [-0.39, 0.29) is 12.2 Å². The molecule has 1 aromatic carbocycles. The third kappa shape index (κ3) is 2.02. The third-order valence-electron chi connectivity index (χ3n) is 1.48. The normalized spacial score (nSPS) is 10.1. The zero-order chi connectivity index (χ0) is 10.0. The average Bonchev–Trinajstić information content (AvgIpc) is 2.03. The highest BCUT2D eigenvalue weighted by atomic mass is 79.9. The van der Waals surface area contributed by atoms with Crippen molar-refractivity contribution in [2.75, 3.05) is 0 Å². The number of nitro benzene ring substituents is 1. The van der Waals surface area contributed by atoms with Crippen LogP contribution in [0.1, 0.15) is 5.56 Å². The average molecular weight is 250 g/mol. The number of hydrogen-bond donors (Lipinski definition) is 1. The van der Waals surface area contributed by atoms with Crippen LogP contribution in [0.4, 0.5) is 10.1 Å². The Morgan fingerprint density at radius 1 is 1.62 bits per heavy atom. The largest absolute Gasteiger partial charge is 0.392 e. The highest BCUT2D eigenvalue weighted by molar-refractivity contribution is 9.10. The minimum Gasteiger partial charge on any atom is -0.392 e. The molecule has 0 aliphatic carbocycles. The van der Waals surface area contributed by atoms with Crippen molar-refractivity contribution in [1.29, 1.82) is 0 Å². The molecule has 6 heteroatoms. The summed E-state index contributed by atoms with van der Waals surface area (Å²) in [6, 6.07) is 1.96. The Morgan fingerprint density at radius 2 is 2.23 bits per heavy atom. The van der Waals surface area contributed by atoms with Gasteiger partial charge in [0.25, 0.3) is 0 Å². The second kappa shape index (κ2) is 3.80. The summed E-state index contributed by atoms with van der Waals surface area (Å²) in [6.45, 7) is -0.373. The minimum absolute atomic E-state index is 0.285. The predicted molar refractivity (Wildman–Crippen MR) is 46.7 cm³/mol. The van der Waals surface area contributed by atoms with E-state index in [1.165, 1.54) is 0 Å². The first kappa shape index (κ1) is 10.1. The predicted octanol–water partition coefficient (Wildman–Crippen LogP) is 1.99. The molecule has 0 spiro atoms. The lowest BCUT2D eigenvalue weighted by atomic mass is 10.2. The Kier molecular flexibility index (Phi) is 2.94. The third-order valence-corrected chi connectivity index (χ3v) is 2.22. The zero-order valence-corrected chi connectivity index (χ0v) is 7.91. The van der Waals surface area contributed by atoms with Crippen molar-refractivity contribution in [2.24, 2.45) is 0 Å². The topological polar surface area (TPSA) is 63.4 Å². The molecule has 0 aliphatic rings. The van der Waals surface area contributed by atoms with Crippen LogP contribution in [-0.2, 0) is 6.61 Å². The van der Waals surface area contributed by atoms with Crippen molar-refractivity contribution in [3.63, 3.8) is 0 Å². The number of nitrogens with zero attached hydrogens (tertiary/aromatic N) is 1. The van der Waals surface area contributed by atoms with Crippen LogP contribution in [-0.4, -0.2) is 10.0 Å². The van der Waals surface area contributed by atoms with Gasteiger partial charge in [-0.1, -0.05) is 15.9 Å². The summed E-state index contributed by atoms with van der Waals surface area (Å²) in [4.78, 5) is 9.44. The number of rotatable bonds is 2. The fourth-order valence-corrected chi connectivity index (χ4v) is 1.28. The van der Waals surface area contributed by atoms with Gasteiger partial charge in [-0.2, -0.15) is 4.39 Å². The Bertz CT molecular complexity index is 356. The molecule has 4 nitrogen and oxygen atoms in total. The Labute approximate surface area is 81.3 Å². The van der Waals surface area contributed by atoms with Gasteiger partial charge in [0.1, 0.15) is 0 Å². The highest BCUT2D eigenvalue weighted by Crippen LogP contribution is 2.25. The second-order valence-electron chi connectivity index (χ2n) is 2.31. The maximum absolute atomic E-state index is 12.9. The van der Waals surface area contributed by atoms with Gasteiger partial charge in [-0.05, 0) is 11.6 Å². The lowest BCUT2D eigenvalue weighted by Gasteiger charge is -2.00. The maximum Gasteiger partial charge on any atom is 0.305 e. The lowest BCUT2D eigenvalue weighted by Crippen LogP contribution is -1.95. The van der Waals surface area contributed by atoms with Crippen LogP contribution >= 0.6 is 15.9 Å². The van der Waals surface area contributed by atoms with Crippen LogP contribution in [0.3, 0.4) is 0 Å². The van der Waals surface area contributed by atoms with Gasteiger partial charge >= 0.3 is 5.69 Å². The van der Waals surface area contributed by atoms with Crippen molar-refractivity contribution < 1.29 is 14.4 Å². The quantitative estimate of drug-likeness (QED) is 0.644. The molecule has 1 N–H and O–H groups in total. The first-order valence-corrected chi connectivity index (χ1v) is 4.08. The number of aliphatic hydroxyl groups is 1. The molecule has 0 aliphatic heterocycles. The lowest BCUT2D eigenvalue weighted by molar-refractivity contribution is -0.387. The van der Waals surface area contributed by atoms with Crippen molar-refractivity contribution in [3.8, 4) is 0 Å². The fraction of sp³-hybridized carbons (Fsp3) is 0.143. The van der Waals surface area contributed by atoms with Gasteiger partial charge in [-0.25, -0.2) is 0 Å². The number of nitro groups is 1. The molecule has 13 heavy (non-hydrogen) atoms. The Hall–Kier alpha value is -1.01. The van der Waals surface area contributed by atoms with E-state index < -0.39 is 16.4 Å². The Balaban J connectivity index is 3.30. The van der Waals surface area contributed by atoms with Gasteiger partial charge in [-0.15, -0.1) is 0 Å². The first-order chi connectivity index (χ1) is 6.06. The monoisotopic (exact) mass is 249 g/mol. The SMILES string of the molecule is O=[N+]([O-])c1cc(CO)c(Br)cc1F. The zero-order valence-electron chi connectivity index (χ0n) is 6.33. The van der Waals surface area contributed by atoms with E-state index in [4.69, 9.17) is 5.11 Å². The van der Waals surface area contributed by atoms with Gasteiger partial charge in [0, 0.05) is 10.5 Å². The molecule has 0 radical (unpaired) electrons. The van der Waals surface area contributed by atoms with E-state index >= 15 is 0 Å². The number of aliphatic hydroxyl groups excluding tert-OH is 1. The minimum atomic E-state index is -0.922. The standard InChI is InChI=1S/C7H5BrFNO3/c8-5-2-6(9)7(10(12)13)1-4(5)3-11/h1-2,11H,3H2. The van der Waals surface area contributed by atoms with Gasteiger partial charge in [0.05, 0.1) is 11.5 Å². The molecule has 0 saturated heterocycles. The Morgan fingerprint density at radius 3 is 2.69 bits per heavy atom. The van der Waals surface area contributed by atoms with Gasteiger partial charge in [0.15, 0.2) is 0 Å². The summed E-state index contributed by atoms with van der Waals surface area (Å²) in [6.07, 6.45) is 0. The summed E-state index contributed by atoms with van der Waals surface area (Å²) < 4.78 is 13.2. The van der Waals surface area contributed by atoms with Crippen LogP contribution in [0.2, 0.25) is 0 Å². The van der Waals surface area contributed by atoms with Crippen LogP contribution < -0.4 is 0 Å². The molecule has 0 fully saturated rings. The molecule has 70 valence electrons. The number of hydrogen-bond acceptors (Lipinski definition) is 3. The van der Waals surface area contributed by atoms with E-state index in [9.17, 15) is 14.5 Å². The maximum atomic E-state index is 12.9. The summed E-state index contributed by atoms with van der Waals surface area (Å²) in [5, 5.41) is 19.0. The van der Waals surface area contributed by atoms with Crippen LogP contribution in [0.25, 0.3) is 0 Å². The van der Waals surface area contributed by atoms with Gasteiger partial charge < -0.3 is 5.11 Å². The van der Waals surface area contributed by atoms with Crippen molar-refractivity contribution >= 4 is 21.6 Å². The van der Waals surface area contributed by atoms with Crippen LogP contribution in [0.15, 0.2) is 16.6 Å². The summed E-state index contributed by atoms with van der Waals surface area (Å²) in [7, 11) is 0. The molecular formula is C7H5BrFNO3. The van der Waals surface area contributed by atoms with E-state index in [0.717, 1.165) is 12.1 Å². The highest BCUT2D eigenvalue weighted by Gasteiger charge is 2.16. The molecule has 0 amide bonds. The van der Waals surface area contributed by atoms with E-state index in [0.29, 0.717) is 4.47 Å². The van der Waals surface area contributed by atoms with E-state index in [1.54, 1.807) is 0 Å². The molecule has 0 saturated carbocycles. The molecule has 1 aromatic rings. The molecule has 0 heterocycles. The van der Waals surface area contributed by atoms with Gasteiger partial charge in [0.2, 0.25) is 5.82 Å². The number of benzene rings is 1. The van der Waals surface area contributed by atoms with Crippen molar-refractivity contribution in [3.05, 3.63) is 38.1 Å². The molecule has 0 aromatic heterocycles. The molecule has 0 bridgehead atoms. The molecule has 1 rings (SSSR count). The van der Waals surface area contributed by atoms with Crippen LogP contribution in [0, 0.1) is 15.9 Å².